The lowest BCUT2D eigenvalue weighted by Crippen LogP contribution is -2.49. The maximum atomic E-state index is 13.3. The molecular weight excluding hydrogens is 318 g/mol. The van der Waals surface area contributed by atoms with Crippen LogP contribution in [0.2, 0.25) is 0 Å². The molecule has 5 nitrogen and oxygen atoms in total. The first-order chi connectivity index (χ1) is 11.9. The van der Waals surface area contributed by atoms with E-state index in [4.69, 9.17) is 4.74 Å². The number of hydrogen-bond acceptors (Lipinski definition) is 4. The van der Waals surface area contributed by atoms with E-state index in [1.807, 2.05) is 12.1 Å². The van der Waals surface area contributed by atoms with Crippen LogP contribution in [0.25, 0.3) is 0 Å². The summed E-state index contributed by atoms with van der Waals surface area (Å²) in [5.41, 5.74) is 0.520. The molecule has 1 aliphatic heterocycles. The van der Waals surface area contributed by atoms with Gasteiger partial charge in [0.1, 0.15) is 6.61 Å². The number of carbonyl (C=O) groups excluding carboxylic acids is 2. The van der Waals surface area contributed by atoms with E-state index >= 15 is 0 Å². The van der Waals surface area contributed by atoms with E-state index < -0.39 is 29.6 Å². The van der Waals surface area contributed by atoms with Gasteiger partial charge in [-0.1, -0.05) is 60.7 Å². The molecule has 0 aromatic heterocycles. The summed E-state index contributed by atoms with van der Waals surface area (Å²) in [6, 6.07) is 18.0. The molecule has 2 atom stereocenters. The fourth-order valence-electron chi connectivity index (χ4n) is 3.10. The van der Waals surface area contributed by atoms with Gasteiger partial charge in [-0.05, 0) is 25.0 Å². The second-order valence-electron chi connectivity index (χ2n) is 6.78. The Kier molecular flexibility index (Phi) is 4.59. The van der Waals surface area contributed by atoms with E-state index in [9.17, 15) is 14.7 Å². The predicted molar refractivity (Wildman–Crippen MR) is 92.9 cm³/mol. The molecule has 2 amide bonds. The standard InChI is InChI=1S/C20H21NO4/c1-20(2)13-25-19(24)21(20)18(23)16(14-9-5-3-6-10-14)17(22)15-11-7-4-8-12-15/h3-12,16-17,22H,13H2,1-2H3/t16-,17-/m1/s1. The van der Waals surface area contributed by atoms with Gasteiger partial charge in [0.2, 0.25) is 5.91 Å². The third-order valence-corrected chi connectivity index (χ3v) is 4.44. The molecule has 0 aliphatic carbocycles. The number of benzene rings is 2. The van der Waals surface area contributed by atoms with Gasteiger partial charge >= 0.3 is 6.09 Å². The third-order valence-electron chi connectivity index (χ3n) is 4.44. The molecule has 1 heterocycles. The number of ether oxygens (including phenoxy) is 1. The Bertz CT molecular complexity index is 758. The summed E-state index contributed by atoms with van der Waals surface area (Å²) in [7, 11) is 0. The Morgan fingerprint density at radius 2 is 1.56 bits per heavy atom. The minimum absolute atomic E-state index is 0.139. The molecule has 0 bridgehead atoms. The minimum Gasteiger partial charge on any atom is -0.447 e. The number of imide groups is 1. The van der Waals surface area contributed by atoms with Crippen LogP contribution < -0.4 is 0 Å². The Hall–Kier alpha value is -2.66. The average molecular weight is 339 g/mol. The maximum absolute atomic E-state index is 13.3. The summed E-state index contributed by atoms with van der Waals surface area (Å²) in [6.45, 7) is 3.68. The van der Waals surface area contributed by atoms with Crippen LogP contribution in [-0.4, -0.2) is 34.2 Å². The van der Waals surface area contributed by atoms with Gasteiger partial charge in [0.25, 0.3) is 0 Å². The summed E-state index contributed by atoms with van der Waals surface area (Å²) in [6.07, 6.45) is -1.74. The van der Waals surface area contributed by atoms with Crippen molar-refractivity contribution in [3.8, 4) is 0 Å². The molecule has 1 aliphatic rings. The molecule has 1 N–H and O–H groups in total. The molecule has 0 unspecified atom stereocenters. The molecular formula is C20H21NO4. The highest BCUT2D eigenvalue weighted by atomic mass is 16.6. The Morgan fingerprint density at radius 1 is 1.04 bits per heavy atom. The summed E-state index contributed by atoms with van der Waals surface area (Å²) >= 11 is 0. The first kappa shape index (κ1) is 17.2. The Labute approximate surface area is 146 Å². The largest absolute Gasteiger partial charge is 0.447 e. The third kappa shape index (κ3) is 3.28. The van der Waals surface area contributed by atoms with Crippen LogP contribution in [-0.2, 0) is 9.53 Å². The van der Waals surface area contributed by atoms with E-state index in [1.165, 1.54) is 0 Å². The molecule has 2 aromatic carbocycles. The lowest BCUT2D eigenvalue weighted by Gasteiger charge is -2.31. The second-order valence-corrected chi connectivity index (χ2v) is 6.78. The smallest absolute Gasteiger partial charge is 0.417 e. The van der Waals surface area contributed by atoms with Crippen molar-refractivity contribution in [2.75, 3.05) is 6.61 Å². The Balaban J connectivity index is 2.03. The van der Waals surface area contributed by atoms with Crippen molar-refractivity contribution in [3.63, 3.8) is 0 Å². The molecule has 5 heteroatoms. The first-order valence-corrected chi connectivity index (χ1v) is 8.20. The maximum Gasteiger partial charge on any atom is 0.417 e. The highest BCUT2D eigenvalue weighted by Crippen LogP contribution is 2.36. The number of aliphatic hydroxyl groups excluding tert-OH is 1. The number of carbonyl (C=O) groups is 2. The van der Waals surface area contributed by atoms with Crippen LogP contribution in [0.1, 0.15) is 37.0 Å². The van der Waals surface area contributed by atoms with Crippen molar-refractivity contribution in [2.45, 2.75) is 31.4 Å². The summed E-state index contributed by atoms with van der Waals surface area (Å²) < 4.78 is 5.06. The monoisotopic (exact) mass is 339 g/mol. The molecule has 0 saturated carbocycles. The van der Waals surface area contributed by atoms with Gasteiger partial charge in [0, 0.05) is 0 Å². The fourth-order valence-corrected chi connectivity index (χ4v) is 3.10. The number of nitrogens with zero attached hydrogens (tertiary/aromatic N) is 1. The van der Waals surface area contributed by atoms with Crippen molar-refractivity contribution in [3.05, 3.63) is 71.8 Å². The lowest BCUT2D eigenvalue weighted by molar-refractivity contribution is -0.135. The molecule has 25 heavy (non-hydrogen) atoms. The van der Waals surface area contributed by atoms with Gasteiger partial charge in [-0.15, -0.1) is 0 Å². The van der Waals surface area contributed by atoms with Crippen LogP contribution in [0.5, 0.6) is 0 Å². The van der Waals surface area contributed by atoms with Crippen molar-refractivity contribution in [1.29, 1.82) is 0 Å². The molecule has 1 fully saturated rings. The van der Waals surface area contributed by atoms with E-state index in [1.54, 1.807) is 62.4 Å². The second kappa shape index (κ2) is 6.69. The Morgan fingerprint density at radius 3 is 2.04 bits per heavy atom. The number of aliphatic hydroxyl groups is 1. The van der Waals surface area contributed by atoms with E-state index in [0.29, 0.717) is 11.1 Å². The van der Waals surface area contributed by atoms with Crippen LogP contribution in [0.4, 0.5) is 4.79 Å². The van der Waals surface area contributed by atoms with E-state index in [2.05, 4.69) is 0 Å². The molecule has 0 radical (unpaired) electrons. The fraction of sp³-hybridized carbons (Fsp3) is 0.300. The number of rotatable bonds is 4. The highest BCUT2D eigenvalue weighted by molar-refractivity contribution is 5.98. The zero-order valence-corrected chi connectivity index (χ0v) is 14.3. The number of amides is 2. The topological polar surface area (TPSA) is 66.8 Å². The van der Waals surface area contributed by atoms with Gasteiger partial charge in [0.15, 0.2) is 0 Å². The van der Waals surface area contributed by atoms with Crippen molar-refractivity contribution < 1.29 is 19.4 Å². The number of hydrogen-bond donors (Lipinski definition) is 1. The van der Waals surface area contributed by atoms with Gasteiger partial charge in [-0.25, -0.2) is 9.69 Å². The molecule has 1 saturated heterocycles. The van der Waals surface area contributed by atoms with Crippen molar-refractivity contribution in [1.82, 2.24) is 4.90 Å². The molecule has 130 valence electrons. The van der Waals surface area contributed by atoms with Crippen molar-refractivity contribution in [2.24, 2.45) is 0 Å². The van der Waals surface area contributed by atoms with Gasteiger partial charge in [-0.3, -0.25) is 4.79 Å². The highest BCUT2D eigenvalue weighted by Gasteiger charge is 2.48. The zero-order chi connectivity index (χ0) is 18.0. The van der Waals surface area contributed by atoms with Crippen LogP contribution in [0.3, 0.4) is 0 Å². The van der Waals surface area contributed by atoms with Crippen LogP contribution in [0, 0.1) is 0 Å². The van der Waals surface area contributed by atoms with Crippen LogP contribution >= 0.6 is 0 Å². The molecule has 0 spiro atoms. The SMILES string of the molecule is CC1(C)COC(=O)N1C(=O)[C@H](c1ccccc1)[C@H](O)c1ccccc1. The molecule has 2 aromatic rings. The predicted octanol–water partition coefficient (Wildman–Crippen LogP) is 3.26. The number of cyclic esters (lactones) is 1. The zero-order valence-electron chi connectivity index (χ0n) is 14.3. The first-order valence-electron chi connectivity index (χ1n) is 8.20. The average Bonchev–Trinajstić information content (AvgIpc) is 2.89. The van der Waals surface area contributed by atoms with E-state index in [0.717, 1.165) is 4.90 Å². The van der Waals surface area contributed by atoms with Gasteiger partial charge in [0.05, 0.1) is 17.6 Å². The summed E-state index contributed by atoms with van der Waals surface area (Å²) in [4.78, 5) is 26.5. The summed E-state index contributed by atoms with van der Waals surface area (Å²) in [5.74, 6) is -1.36. The lowest BCUT2D eigenvalue weighted by atomic mass is 9.87. The van der Waals surface area contributed by atoms with Crippen molar-refractivity contribution >= 4 is 12.0 Å². The summed E-state index contributed by atoms with van der Waals surface area (Å²) in [5, 5.41) is 10.9. The van der Waals surface area contributed by atoms with E-state index in [-0.39, 0.29) is 6.61 Å². The quantitative estimate of drug-likeness (QED) is 0.928. The van der Waals surface area contributed by atoms with Gasteiger partial charge in [-0.2, -0.15) is 0 Å². The van der Waals surface area contributed by atoms with Crippen LogP contribution in [0.15, 0.2) is 60.7 Å². The molecule has 3 rings (SSSR count). The minimum atomic E-state index is -1.07. The normalized spacial score (nSPS) is 18.5. The van der Waals surface area contributed by atoms with Gasteiger partial charge < -0.3 is 9.84 Å².